The Bertz CT molecular complexity index is 450. The first-order valence-electron chi connectivity index (χ1n) is 7.04. The van der Waals surface area contributed by atoms with Crippen molar-refractivity contribution in [2.45, 2.75) is 39.7 Å². The van der Waals surface area contributed by atoms with Gasteiger partial charge in [0.25, 0.3) is 0 Å². The highest BCUT2D eigenvalue weighted by molar-refractivity contribution is 5.38. The number of ether oxygens (including phenoxy) is 1. The van der Waals surface area contributed by atoms with Crippen LogP contribution in [0.5, 0.6) is 0 Å². The summed E-state index contributed by atoms with van der Waals surface area (Å²) in [6.07, 6.45) is 1.35. The van der Waals surface area contributed by atoms with Crippen molar-refractivity contribution in [3.8, 4) is 0 Å². The van der Waals surface area contributed by atoms with E-state index in [9.17, 15) is 5.11 Å². The van der Waals surface area contributed by atoms with Gasteiger partial charge in [0.15, 0.2) is 0 Å². The van der Waals surface area contributed by atoms with Crippen LogP contribution in [0.25, 0.3) is 0 Å². The van der Waals surface area contributed by atoms with Crippen LogP contribution in [0, 0.1) is 26.2 Å². The summed E-state index contributed by atoms with van der Waals surface area (Å²) < 4.78 is 5.57. The maximum atomic E-state index is 10.8. The van der Waals surface area contributed by atoms with Crippen LogP contribution < -0.4 is 5.73 Å². The maximum Gasteiger partial charge on any atom is 0.0883 e. The molecule has 1 heterocycles. The second kappa shape index (κ2) is 5.61. The summed E-state index contributed by atoms with van der Waals surface area (Å²) in [6.45, 7) is 8.02. The average Bonchev–Trinajstić information content (AvgIpc) is 2.43. The van der Waals surface area contributed by atoms with Crippen molar-refractivity contribution in [1.29, 1.82) is 0 Å². The summed E-state index contributed by atoms with van der Waals surface area (Å²) in [6, 6.07) is 4.24. The average molecular weight is 263 g/mol. The molecule has 0 aliphatic carbocycles. The predicted molar refractivity (Wildman–Crippen MR) is 77.2 cm³/mol. The number of aliphatic hydroxyl groups excluding tert-OH is 1. The molecule has 3 nitrogen and oxygen atoms in total. The quantitative estimate of drug-likeness (QED) is 0.880. The first kappa shape index (κ1) is 14.5. The number of hydrogen-bond donors (Lipinski definition) is 2. The molecule has 1 aromatic rings. The van der Waals surface area contributed by atoms with E-state index in [2.05, 4.69) is 32.9 Å². The molecule has 106 valence electrons. The molecule has 3 heteroatoms. The first-order valence-corrected chi connectivity index (χ1v) is 7.04. The molecule has 0 aromatic heterocycles. The third-order valence-corrected chi connectivity index (χ3v) is 4.52. The van der Waals surface area contributed by atoms with Gasteiger partial charge in [-0.25, -0.2) is 0 Å². The Hall–Kier alpha value is -0.900. The molecule has 3 N–H and O–H groups in total. The molecule has 2 atom stereocenters. The number of rotatable bonds is 3. The number of aryl methyl sites for hydroxylation is 3. The minimum Gasteiger partial charge on any atom is -0.388 e. The van der Waals surface area contributed by atoms with Gasteiger partial charge in [-0.2, -0.15) is 0 Å². The van der Waals surface area contributed by atoms with Gasteiger partial charge in [-0.15, -0.1) is 0 Å². The molecule has 1 aliphatic rings. The minimum atomic E-state index is -0.544. The molecule has 1 aromatic carbocycles. The van der Waals surface area contributed by atoms with E-state index in [0.717, 1.165) is 30.6 Å². The van der Waals surface area contributed by atoms with Gasteiger partial charge in [0.2, 0.25) is 0 Å². The third kappa shape index (κ3) is 2.69. The summed E-state index contributed by atoms with van der Waals surface area (Å²) in [5.74, 6) is 0. The number of nitrogens with two attached hydrogens (primary N) is 1. The molecule has 1 fully saturated rings. The topological polar surface area (TPSA) is 55.5 Å². The monoisotopic (exact) mass is 263 g/mol. The molecule has 2 unspecified atom stereocenters. The second-order valence-electron chi connectivity index (χ2n) is 5.92. The molecule has 19 heavy (non-hydrogen) atoms. The van der Waals surface area contributed by atoms with Crippen molar-refractivity contribution in [3.63, 3.8) is 0 Å². The Kier molecular flexibility index (Phi) is 4.29. The minimum absolute atomic E-state index is 0.329. The Labute approximate surface area is 115 Å². The highest BCUT2D eigenvalue weighted by atomic mass is 16.5. The fraction of sp³-hybridized carbons (Fsp3) is 0.625. The Morgan fingerprint density at radius 2 is 1.95 bits per heavy atom. The summed E-state index contributed by atoms with van der Waals surface area (Å²) in [4.78, 5) is 0. The smallest absolute Gasteiger partial charge is 0.0883 e. The van der Waals surface area contributed by atoms with Crippen LogP contribution in [0.1, 0.15) is 41.2 Å². The van der Waals surface area contributed by atoms with Crippen molar-refractivity contribution < 1.29 is 9.84 Å². The van der Waals surface area contributed by atoms with Gasteiger partial charge in [0.05, 0.1) is 12.7 Å². The molecule has 0 amide bonds. The lowest BCUT2D eigenvalue weighted by Gasteiger charge is -2.40. The SMILES string of the molecule is Cc1cc(C)c(C(O)C2(CN)CCCOC2)cc1C. The van der Waals surface area contributed by atoms with E-state index in [1.54, 1.807) is 0 Å². The van der Waals surface area contributed by atoms with E-state index < -0.39 is 6.10 Å². The van der Waals surface area contributed by atoms with E-state index in [1.807, 2.05) is 0 Å². The molecule has 0 bridgehead atoms. The number of hydrogen-bond acceptors (Lipinski definition) is 3. The predicted octanol–water partition coefficient (Wildman–Crippen LogP) is 2.40. The van der Waals surface area contributed by atoms with E-state index in [4.69, 9.17) is 10.5 Å². The van der Waals surface area contributed by atoms with Crippen molar-refractivity contribution in [2.24, 2.45) is 11.1 Å². The molecule has 0 saturated carbocycles. The van der Waals surface area contributed by atoms with E-state index >= 15 is 0 Å². The van der Waals surface area contributed by atoms with Gasteiger partial charge in [-0.1, -0.05) is 12.1 Å². The van der Waals surface area contributed by atoms with Gasteiger partial charge in [-0.3, -0.25) is 0 Å². The van der Waals surface area contributed by atoms with Gasteiger partial charge in [0.1, 0.15) is 0 Å². The van der Waals surface area contributed by atoms with Gasteiger partial charge < -0.3 is 15.6 Å². The van der Waals surface area contributed by atoms with Crippen LogP contribution >= 0.6 is 0 Å². The molecule has 1 saturated heterocycles. The fourth-order valence-corrected chi connectivity index (χ4v) is 2.97. The second-order valence-corrected chi connectivity index (χ2v) is 5.92. The van der Waals surface area contributed by atoms with E-state index in [1.165, 1.54) is 11.1 Å². The third-order valence-electron chi connectivity index (χ3n) is 4.52. The van der Waals surface area contributed by atoms with Crippen molar-refractivity contribution in [1.82, 2.24) is 0 Å². The van der Waals surface area contributed by atoms with Crippen LogP contribution in [-0.4, -0.2) is 24.9 Å². The van der Waals surface area contributed by atoms with Crippen LogP contribution in [0.3, 0.4) is 0 Å². The standard InChI is InChI=1S/C16H25NO2/c1-11-7-13(3)14(8-12(11)2)15(18)16(9-17)5-4-6-19-10-16/h7-8,15,18H,4-6,9-10,17H2,1-3H3. The molecule has 0 radical (unpaired) electrons. The number of benzene rings is 1. The lowest BCUT2D eigenvalue weighted by atomic mass is 9.73. The molecular formula is C16H25NO2. The maximum absolute atomic E-state index is 10.8. The van der Waals surface area contributed by atoms with Crippen LogP contribution in [0.2, 0.25) is 0 Å². The summed E-state index contributed by atoms with van der Waals surface area (Å²) in [5.41, 5.74) is 10.2. The molecule has 2 rings (SSSR count). The molecule has 0 spiro atoms. The lowest BCUT2D eigenvalue weighted by Crippen LogP contribution is -2.43. The summed E-state index contributed by atoms with van der Waals surface area (Å²) in [5, 5.41) is 10.8. The van der Waals surface area contributed by atoms with E-state index in [0.29, 0.717) is 13.2 Å². The van der Waals surface area contributed by atoms with Crippen molar-refractivity contribution >= 4 is 0 Å². The largest absolute Gasteiger partial charge is 0.388 e. The van der Waals surface area contributed by atoms with Crippen molar-refractivity contribution in [3.05, 3.63) is 34.4 Å². The van der Waals surface area contributed by atoms with Gasteiger partial charge in [0, 0.05) is 18.6 Å². The zero-order valence-electron chi connectivity index (χ0n) is 12.2. The fourth-order valence-electron chi connectivity index (χ4n) is 2.97. The Balaban J connectivity index is 2.37. The Morgan fingerprint density at radius 1 is 1.26 bits per heavy atom. The van der Waals surface area contributed by atoms with Crippen LogP contribution in [0.4, 0.5) is 0 Å². The zero-order chi connectivity index (χ0) is 14.0. The summed E-state index contributed by atoms with van der Waals surface area (Å²) >= 11 is 0. The zero-order valence-corrected chi connectivity index (χ0v) is 12.2. The van der Waals surface area contributed by atoms with Crippen molar-refractivity contribution in [2.75, 3.05) is 19.8 Å². The van der Waals surface area contributed by atoms with Gasteiger partial charge >= 0.3 is 0 Å². The summed E-state index contributed by atoms with van der Waals surface area (Å²) in [7, 11) is 0. The van der Waals surface area contributed by atoms with E-state index in [-0.39, 0.29) is 5.41 Å². The highest BCUT2D eigenvalue weighted by Crippen LogP contribution is 2.41. The first-order chi connectivity index (χ1) is 9.00. The normalized spacial score (nSPS) is 25.3. The molecule has 1 aliphatic heterocycles. The molecular weight excluding hydrogens is 238 g/mol. The number of aliphatic hydroxyl groups is 1. The lowest BCUT2D eigenvalue weighted by molar-refractivity contribution is -0.0784. The van der Waals surface area contributed by atoms with Gasteiger partial charge in [-0.05, 0) is 55.9 Å². The highest BCUT2D eigenvalue weighted by Gasteiger charge is 2.40. The Morgan fingerprint density at radius 3 is 2.53 bits per heavy atom. The van der Waals surface area contributed by atoms with Crippen LogP contribution in [0.15, 0.2) is 12.1 Å². The van der Waals surface area contributed by atoms with Crippen LogP contribution in [-0.2, 0) is 4.74 Å².